The highest BCUT2D eigenvalue weighted by atomic mass is 16.5. The van der Waals surface area contributed by atoms with Crippen LogP contribution in [0.3, 0.4) is 0 Å². The number of hydrogen-bond acceptors (Lipinski definition) is 4. The third kappa shape index (κ3) is 7.24. The van der Waals surface area contributed by atoms with Crippen LogP contribution < -0.4 is 0 Å². The first kappa shape index (κ1) is 23.1. The second-order valence-electron chi connectivity index (χ2n) is 8.26. The summed E-state index contributed by atoms with van der Waals surface area (Å²) in [6.45, 7) is 2.05. The summed E-state index contributed by atoms with van der Waals surface area (Å²) in [4.78, 5) is 30.1. The lowest BCUT2D eigenvalue weighted by atomic mass is 9.88. The molecule has 168 valence electrons. The van der Waals surface area contributed by atoms with Crippen molar-refractivity contribution in [3.05, 3.63) is 60.1 Å². The summed E-state index contributed by atoms with van der Waals surface area (Å²) in [6.07, 6.45) is 7.56. The van der Waals surface area contributed by atoms with Gasteiger partial charge in [0.2, 0.25) is 11.8 Å². The molecule has 3 rings (SSSR count). The van der Waals surface area contributed by atoms with Crippen molar-refractivity contribution < 1.29 is 18.7 Å². The van der Waals surface area contributed by atoms with Crippen molar-refractivity contribution in [2.24, 2.45) is 5.92 Å². The summed E-state index contributed by atoms with van der Waals surface area (Å²) in [7, 11) is 1.66. The van der Waals surface area contributed by atoms with Crippen LogP contribution in [-0.2, 0) is 27.4 Å². The molecule has 1 aliphatic carbocycles. The van der Waals surface area contributed by atoms with Gasteiger partial charge in [0.05, 0.1) is 19.4 Å². The van der Waals surface area contributed by atoms with Gasteiger partial charge in [0.25, 0.3) is 0 Å². The quantitative estimate of drug-likeness (QED) is 0.504. The van der Waals surface area contributed by atoms with Gasteiger partial charge in [-0.05, 0) is 37.0 Å². The Morgan fingerprint density at radius 1 is 1.00 bits per heavy atom. The van der Waals surface area contributed by atoms with Crippen LogP contribution in [0.2, 0.25) is 0 Å². The van der Waals surface area contributed by atoms with E-state index in [1.165, 1.54) is 6.42 Å². The minimum atomic E-state index is -0.0678. The number of rotatable bonds is 11. The fraction of sp³-hybridized carbons (Fsp3) is 0.520. The number of ether oxygens (including phenoxy) is 1. The third-order valence-electron chi connectivity index (χ3n) is 5.86. The summed E-state index contributed by atoms with van der Waals surface area (Å²) in [5, 5.41) is 0. The van der Waals surface area contributed by atoms with Gasteiger partial charge in [-0.2, -0.15) is 0 Å². The number of carbonyl (C=O) groups excluding carboxylic acids is 2. The molecular formula is C25H34N2O4. The Hall–Kier alpha value is -2.60. The maximum atomic E-state index is 13.4. The van der Waals surface area contributed by atoms with Crippen molar-refractivity contribution in [1.29, 1.82) is 0 Å². The lowest BCUT2D eigenvalue weighted by molar-refractivity contribution is -0.144. The SMILES string of the molecule is COCCCN(CC(=O)N(Cc1ccccc1)Cc1ccco1)C(=O)C1CCCCC1. The molecule has 0 N–H and O–H groups in total. The zero-order chi connectivity index (χ0) is 21.9. The van der Waals surface area contributed by atoms with E-state index in [0.717, 1.165) is 43.4 Å². The van der Waals surface area contributed by atoms with Gasteiger partial charge in [-0.3, -0.25) is 9.59 Å². The maximum Gasteiger partial charge on any atom is 0.242 e. The molecule has 6 heteroatoms. The van der Waals surface area contributed by atoms with E-state index in [9.17, 15) is 9.59 Å². The van der Waals surface area contributed by atoms with Crippen LogP contribution in [-0.4, -0.2) is 48.4 Å². The smallest absolute Gasteiger partial charge is 0.242 e. The Kier molecular flexibility index (Phi) is 9.16. The van der Waals surface area contributed by atoms with E-state index in [1.54, 1.807) is 23.2 Å². The molecule has 2 aromatic rings. The summed E-state index contributed by atoms with van der Waals surface area (Å²) >= 11 is 0. The van der Waals surface area contributed by atoms with Gasteiger partial charge in [-0.1, -0.05) is 49.6 Å². The van der Waals surface area contributed by atoms with E-state index in [4.69, 9.17) is 9.15 Å². The van der Waals surface area contributed by atoms with Gasteiger partial charge in [0.15, 0.2) is 0 Å². The minimum absolute atomic E-state index is 0.0386. The Morgan fingerprint density at radius 2 is 1.77 bits per heavy atom. The van der Waals surface area contributed by atoms with Crippen LogP contribution in [0.15, 0.2) is 53.1 Å². The van der Waals surface area contributed by atoms with Crippen LogP contribution in [0, 0.1) is 5.92 Å². The number of hydrogen-bond donors (Lipinski definition) is 0. The first-order valence-corrected chi connectivity index (χ1v) is 11.3. The number of benzene rings is 1. The van der Waals surface area contributed by atoms with Crippen molar-refractivity contribution in [3.63, 3.8) is 0 Å². The molecule has 0 bridgehead atoms. The van der Waals surface area contributed by atoms with Crippen molar-refractivity contribution in [2.45, 2.75) is 51.6 Å². The first-order chi connectivity index (χ1) is 15.2. The summed E-state index contributed by atoms with van der Waals surface area (Å²) in [5.41, 5.74) is 1.05. The van der Waals surface area contributed by atoms with Crippen molar-refractivity contribution in [3.8, 4) is 0 Å². The second kappa shape index (κ2) is 12.3. The Balaban J connectivity index is 1.71. The number of furan rings is 1. The van der Waals surface area contributed by atoms with Gasteiger partial charge >= 0.3 is 0 Å². The molecule has 1 aromatic carbocycles. The zero-order valence-corrected chi connectivity index (χ0v) is 18.5. The van der Waals surface area contributed by atoms with E-state index in [1.807, 2.05) is 42.5 Å². The van der Waals surface area contributed by atoms with Crippen LogP contribution >= 0.6 is 0 Å². The zero-order valence-electron chi connectivity index (χ0n) is 18.5. The summed E-state index contributed by atoms with van der Waals surface area (Å²) < 4.78 is 10.7. The summed E-state index contributed by atoms with van der Waals surface area (Å²) in [6, 6.07) is 13.6. The highest BCUT2D eigenvalue weighted by molar-refractivity contribution is 5.86. The Bertz CT molecular complexity index is 785. The van der Waals surface area contributed by atoms with Crippen LogP contribution in [0.4, 0.5) is 0 Å². The predicted octanol–water partition coefficient (Wildman–Crippen LogP) is 4.25. The molecule has 2 amide bonds. The topological polar surface area (TPSA) is 63.0 Å². The second-order valence-corrected chi connectivity index (χ2v) is 8.26. The molecule has 1 saturated carbocycles. The molecule has 1 aliphatic rings. The normalized spacial score (nSPS) is 14.4. The number of methoxy groups -OCH3 is 1. The predicted molar refractivity (Wildman–Crippen MR) is 119 cm³/mol. The summed E-state index contributed by atoms with van der Waals surface area (Å²) in [5.74, 6) is 0.814. The number of carbonyl (C=O) groups is 2. The van der Waals surface area contributed by atoms with Crippen LogP contribution in [0.5, 0.6) is 0 Å². The first-order valence-electron chi connectivity index (χ1n) is 11.3. The van der Waals surface area contributed by atoms with Crippen molar-refractivity contribution in [1.82, 2.24) is 9.80 Å². The molecule has 0 unspecified atom stereocenters. The molecule has 0 aliphatic heterocycles. The Labute approximate surface area is 185 Å². The molecular weight excluding hydrogens is 392 g/mol. The number of amides is 2. The van der Waals surface area contributed by atoms with Crippen molar-refractivity contribution in [2.75, 3.05) is 26.8 Å². The third-order valence-corrected chi connectivity index (χ3v) is 5.86. The molecule has 0 radical (unpaired) electrons. The standard InChI is InChI=1S/C25H34N2O4/c1-30-16-9-15-26(25(29)22-12-6-3-7-13-22)20-24(28)27(19-23-14-8-17-31-23)18-21-10-4-2-5-11-21/h2,4-5,8,10-11,14,17,22H,3,6-7,9,12-13,15-16,18-20H2,1H3. The molecule has 1 heterocycles. The Morgan fingerprint density at radius 3 is 2.45 bits per heavy atom. The molecule has 0 spiro atoms. The molecule has 31 heavy (non-hydrogen) atoms. The van der Waals surface area contributed by atoms with E-state index in [2.05, 4.69) is 0 Å². The monoisotopic (exact) mass is 426 g/mol. The number of nitrogens with zero attached hydrogens (tertiary/aromatic N) is 2. The fourth-order valence-electron chi connectivity index (χ4n) is 4.16. The van der Waals surface area contributed by atoms with E-state index in [-0.39, 0.29) is 24.3 Å². The lowest BCUT2D eigenvalue weighted by Gasteiger charge is -2.31. The van der Waals surface area contributed by atoms with Gasteiger partial charge in [-0.15, -0.1) is 0 Å². The lowest BCUT2D eigenvalue weighted by Crippen LogP contribution is -2.45. The highest BCUT2D eigenvalue weighted by Gasteiger charge is 2.28. The fourth-order valence-corrected chi connectivity index (χ4v) is 4.16. The minimum Gasteiger partial charge on any atom is -0.467 e. The van der Waals surface area contributed by atoms with Gasteiger partial charge in [0.1, 0.15) is 5.76 Å². The van der Waals surface area contributed by atoms with Crippen LogP contribution in [0.25, 0.3) is 0 Å². The molecule has 6 nitrogen and oxygen atoms in total. The average molecular weight is 427 g/mol. The van der Waals surface area contributed by atoms with Gasteiger partial charge < -0.3 is 19.0 Å². The maximum absolute atomic E-state index is 13.4. The largest absolute Gasteiger partial charge is 0.467 e. The molecule has 0 atom stereocenters. The van der Waals surface area contributed by atoms with Crippen LogP contribution in [0.1, 0.15) is 49.8 Å². The van der Waals surface area contributed by atoms with Crippen molar-refractivity contribution >= 4 is 11.8 Å². The van der Waals surface area contributed by atoms with E-state index >= 15 is 0 Å². The van der Waals surface area contributed by atoms with E-state index < -0.39 is 0 Å². The van der Waals surface area contributed by atoms with E-state index in [0.29, 0.717) is 26.2 Å². The molecule has 0 saturated heterocycles. The highest BCUT2D eigenvalue weighted by Crippen LogP contribution is 2.25. The molecule has 1 aromatic heterocycles. The average Bonchev–Trinajstić information content (AvgIpc) is 3.32. The molecule has 1 fully saturated rings. The van der Waals surface area contributed by atoms with Gasteiger partial charge in [-0.25, -0.2) is 0 Å². The van der Waals surface area contributed by atoms with Gasteiger partial charge in [0, 0.05) is 32.7 Å².